The van der Waals surface area contributed by atoms with Crippen LogP contribution in [0.15, 0.2) is 52.1 Å². The van der Waals surface area contributed by atoms with E-state index in [-0.39, 0.29) is 5.91 Å². The minimum Gasteiger partial charge on any atom is -0.459 e. The van der Waals surface area contributed by atoms with Crippen LogP contribution in [0.1, 0.15) is 21.7 Å². The number of nitrogens with zero attached hydrogens (tertiary/aromatic N) is 4. The Bertz CT molecular complexity index is 852. The van der Waals surface area contributed by atoms with Crippen LogP contribution in [-0.2, 0) is 17.8 Å². The lowest BCUT2D eigenvalue weighted by Crippen LogP contribution is -2.53. The highest BCUT2D eigenvalue weighted by Crippen LogP contribution is 2.11. The molecule has 0 atom stereocenters. The molecule has 1 N–H and O–H groups in total. The van der Waals surface area contributed by atoms with Gasteiger partial charge in [-0.1, -0.05) is 24.3 Å². The van der Waals surface area contributed by atoms with Gasteiger partial charge in [0.05, 0.1) is 19.5 Å². The minimum absolute atomic E-state index is 0.0511. The van der Waals surface area contributed by atoms with Crippen LogP contribution in [0, 0.1) is 0 Å². The summed E-state index contributed by atoms with van der Waals surface area (Å²) in [5.41, 5.74) is 2.55. The van der Waals surface area contributed by atoms with Gasteiger partial charge in [-0.2, -0.15) is 0 Å². The average molecular weight is 426 g/mol. The summed E-state index contributed by atoms with van der Waals surface area (Å²) in [6.45, 7) is 8.12. The van der Waals surface area contributed by atoms with Gasteiger partial charge in [0, 0.05) is 59.4 Å². The Labute approximate surface area is 183 Å². The molecule has 1 aromatic heterocycles. The van der Waals surface area contributed by atoms with Gasteiger partial charge < -0.3 is 24.3 Å². The van der Waals surface area contributed by atoms with Gasteiger partial charge in [0.2, 0.25) is 0 Å². The number of morpholine rings is 1. The lowest BCUT2D eigenvalue weighted by molar-refractivity contribution is 0.0342. The second kappa shape index (κ2) is 10.5. The van der Waals surface area contributed by atoms with Gasteiger partial charge in [0.25, 0.3) is 5.91 Å². The van der Waals surface area contributed by atoms with Crippen molar-refractivity contribution in [3.05, 3.63) is 59.5 Å². The van der Waals surface area contributed by atoms with Crippen molar-refractivity contribution in [1.82, 2.24) is 20.0 Å². The number of guanidine groups is 1. The molecule has 31 heavy (non-hydrogen) atoms. The summed E-state index contributed by atoms with van der Waals surface area (Å²) < 4.78 is 10.7. The van der Waals surface area contributed by atoms with Crippen molar-refractivity contribution >= 4 is 11.9 Å². The van der Waals surface area contributed by atoms with E-state index in [0.717, 1.165) is 58.4 Å². The van der Waals surface area contributed by atoms with Gasteiger partial charge in [-0.25, -0.2) is 0 Å². The van der Waals surface area contributed by atoms with E-state index in [1.54, 1.807) is 19.2 Å². The molecule has 2 aliphatic rings. The summed E-state index contributed by atoms with van der Waals surface area (Å²) in [5.74, 6) is 1.21. The highest BCUT2D eigenvalue weighted by Gasteiger charge is 2.25. The van der Waals surface area contributed by atoms with E-state index in [0.29, 0.717) is 18.8 Å². The van der Waals surface area contributed by atoms with E-state index in [9.17, 15) is 4.79 Å². The highest BCUT2D eigenvalue weighted by molar-refractivity contribution is 5.91. The molecule has 4 rings (SSSR count). The van der Waals surface area contributed by atoms with Crippen molar-refractivity contribution in [2.24, 2.45) is 4.99 Å². The van der Waals surface area contributed by atoms with Crippen molar-refractivity contribution in [2.45, 2.75) is 13.1 Å². The predicted octanol–water partition coefficient (Wildman–Crippen LogP) is 1.65. The van der Waals surface area contributed by atoms with Crippen LogP contribution in [-0.4, -0.2) is 86.1 Å². The zero-order valence-corrected chi connectivity index (χ0v) is 18.1. The summed E-state index contributed by atoms with van der Waals surface area (Å²) in [6.07, 6.45) is 1.53. The number of carbonyl (C=O) groups is 1. The first kappa shape index (κ1) is 21.4. The third-order valence-electron chi connectivity index (χ3n) is 5.79. The second-order valence-corrected chi connectivity index (χ2v) is 7.86. The maximum atomic E-state index is 12.4. The lowest BCUT2D eigenvalue weighted by Gasteiger charge is -2.36. The number of aliphatic imine (C=N–C) groups is 1. The first-order chi connectivity index (χ1) is 15.2. The van der Waals surface area contributed by atoms with Crippen LogP contribution in [0.25, 0.3) is 0 Å². The summed E-state index contributed by atoms with van der Waals surface area (Å²) in [4.78, 5) is 23.3. The van der Waals surface area contributed by atoms with Crippen molar-refractivity contribution < 1.29 is 13.9 Å². The number of hydrogen-bond acceptors (Lipinski definition) is 5. The van der Waals surface area contributed by atoms with Crippen LogP contribution < -0.4 is 5.32 Å². The molecule has 2 fully saturated rings. The molecule has 0 aliphatic carbocycles. The highest BCUT2D eigenvalue weighted by atomic mass is 16.5. The van der Waals surface area contributed by atoms with E-state index in [2.05, 4.69) is 44.4 Å². The molecular formula is C23H31N5O3. The fraction of sp³-hybridized carbons (Fsp3) is 0.478. The van der Waals surface area contributed by atoms with E-state index in [1.807, 2.05) is 4.90 Å². The monoisotopic (exact) mass is 425 g/mol. The molecule has 2 aliphatic heterocycles. The van der Waals surface area contributed by atoms with Gasteiger partial charge in [-0.05, 0) is 23.3 Å². The van der Waals surface area contributed by atoms with E-state index in [1.165, 1.54) is 17.4 Å². The van der Waals surface area contributed by atoms with Crippen LogP contribution in [0.3, 0.4) is 0 Å². The van der Waals surface area contributed by atoms with Gasteiger partial charge in [0.15, 0.2) is 11.7 Å². The van der Waals surface area contributed by atoms with Gasteiger partial charge in [-0.15, -0.1) is 0 Å². The quantitative estimate of drug-likeness (QED) is 0.580. The Morgan fingerprint density at radius 3 is 2.29 bits per heavy atom. The molecule has 2 aromatic rings. The summed E-state index contributed by atoms with van der Waals surface area (Å²) >= 11 is 0. The molecule has 0 unspecified atom stereocenters. The smallest absolute Gasteiger partial charge is 0.289 e. The number of nitrogens with one attached hydrogen (secondary N) is 1. The maximum absolute atomic E-state index is 12.4. The lowest BCUT2D eigenvalue weighted by atomic mass is 10.1. The molecular weight excluding hydrogens is 394 g/mol. The molecule has 2 saturated heterocycles. The molecule has 0 bridgehead atoms. The van der Waals surface area contributed by atoms with Crippen LogP contribution >= 0.6 is 0 Å². The second-order valence-electron chi connectivity index (χ2n) is 7.86. The number of ether oxygens (including phenoxy) is 1. The molecule has 0 saturated carbocycles. The standard InChI is InChI=1S/C23H31N5O3/c1-24-23(28-10-8-27(9-11-28)22(29)21-3-2-14-31-21)25-17-19-4-6-20(7-5-19)18-26-12-15-30-16-13-26/h2-7,14H,8-13,15-18H2,1H3,(H,24,25). The summed E-state index contributed by atoms with van der Waals surface area (Å²) in [6, 6.07) is 12.2. The van der Waals surface area contributed by atoms with E-state index >= 15 is 0 Å². The first-order valence-corrected chi connectivity index (χ1v) is 10.9. The third-order valence-corrected chi connectivity index (χ3v) is 5.79. The number of hydrogen-bond donors (Lipinski definition) is 1. The molecule has 0 radical (unpaired) electrons. The SMILES string of the molecule is CN=C(NCc1ccc(CN2CCOCC2)cc1)N1CCN(C(=O)c2ccco2)CC1. The largest absolute Gasteiger partial charge is 0.459 e. The van der Waals surface area contributed by atoms with Gasteiger partial charge in [0.1, 0.15) is 0 Å². The Hall–Kier alpha value is -2.84. The molecule has 0 spiro atoms. The normalized spacial score (nSPS) is 18.3. The fourth-order valence-electron chi connectivity index (χ4n) is 3.97. The van der Waals surface area contributed by atoms with Crippen molar-refractivity contribution in [3.8, 4) is 0 Å². The summed E-state index contributed by atoms with van der Waals surface area (Å²) in [5, 5.41) is 3.45. The Kier molecular flexibility index (Phi) is 7.22. The number of furan rings is 1. The first-order valence-electron chi connectivity index (χ1n) is 10.9. The predicted molar refractivity (Wildman–Crippen MR) is 119 cm³/mol. The number of benzene rings is 1. The van der Waals surface area contributed by atoms with Crippen molar-refractivity contribution in [1.29, 1.82) is 0 Å². The number of amides is 1. The maximum Gasteiger partial charge on any atom is 0.289 e. The van der Waals surface area contributed by atoms with Crippen LogP contribution in [0.4, 0.5) is 0 Å². The number of carbonyl (C=O) groups excluding carboxylic acids is 1. The van der Waals surface area contributed by atoms with E-state index in [4.69, 9.17) is 9.15 Å². The molecule has 1 amide bonds. The zero-order chi connectivity index (χ0) is 21.5. The molecule has 8 nitrogen and oxygen atoms in total. The minimum atomic E-state index is -0.0511. The molecule has 1 aromatic carbocycles. The van der Waals surface area contributed by atoms with E-state index < -0.39 is 0 Å². The Morgan fingerprint density at radius 2 is 1.65 bits per heavy atom. The fourth-order valence-corrected chi connectivity index (χ4v) is 3.97. The Morgan fingerprint density at radius 1 is 0.968 bits per heavy atom. The average Bonchev–Trinajstić information content (AvgIpc) is 3.36. The zero-order valence-electron chi connectivity index (χ0n) is 18.1. The molecule has 8 heteroatoms. The third kappa shape index (κ3) is 5.65. The number of rotatable bonds is 5. The van der Waals surface area contributed by atoms with Crippen molar-refractivity contribution in [2.75, 3.05) is 59.5 Å². The van der Waals surface area contributed by atoms with Gasteiger partial charge in [-0.3, -0.25) is 14.7 Å². The topological polar surface area (TPSA) is 73.6 Å². The summed E-state index contributed by atoms with van der Waals surface area (Å²) in [7, 11) is 1.80. The molecule has 166 valence electrons. The van der Waals surface area contributed by atoms with Gasteiger partial charge >= 0.3 is 0 Å². The number of piperazine rings is 1. The molecule has 3 heterocycles. The van der Waals surface area contributed by atoms with Crippen LogP contribution in [0.2, 0.25) is 0 Å². The van der Waals surface area contributed by atoms with Crippen molar-refractivity contribution in [3.63, 3.8) is 0 Å². The Balaban J connectivity index is 1.24. The van der Waals surface area contributed by atoms with Crippen LogP contribution in [0.5, 0.6) is 0 Å².